The summed E-state index contributed by atoms with van der Waals surface area (Å²) in [6.07, 6.45) is 3.64. The van der Waals surface area contributed by atoms with Gasteiger partial charge in [-0.2, -0.15) is 5.10 Å². The first-order valence-electron chi connectivity index (χ1n) is 7.65. The number of nitrogens with zero attached hydrogens (tertiary/aromatic N) is 3. The van der Waals surface area contributed by atoms with Gasteiger partial charge in [-0.1, -0.05) is 29.5 Å². The Morgan fingerprint density at radius 1 is 1.12 bits per heavy atom. The summed E-state index contributed by atoms with van der Waals surface area (Å²) >= 11 is 1.60. The third-order valence-electron chi connectivity index (χ3n) is 3.63. The number of para-hydroxylation sites is 1. The number of aromatic nitrogens is 3. The van der Waals surface area contributed by atoms with Gasteiger partial charge in [-0.25, -0.2) is 9.67 Å². The lowest BCUT2D eigenvalue weighted by Gasteiger charge is -1.99. The van der Waals surface area contributed by atoms with E-state index in [1.165, 1.54) is 0 Å². The van der Waals surface area contributed by atoms with Crippen molar-refractivity contribution in [2.24, 2.45) is 0 Å². The number of rotatable bonds is 5. The molecule has 0 saturated carbocycles. The molecule has 1 aromatic carbocycles. The summed E-state index contributed by atoms with van der Waals surface area (Å²) in [7, 11) is 0. The molecular formula is C18H16N4OS. The van der Waals surface area contributed by atoms with E-state index in [9.17, 15) is 0 Å². The molecule has 0 aliphatic rings. The summed E-state index contributed by atoms with van der Waals surface area (Å²) in [5.74, 6) is 0.887. The van der Waals surface area contributed by atoms with Crippen LogP contribution in [0.5, 0.6) is 0 Å². The zero-order valence-electron chi connectivity index (χ0n) is 13.1. The first kappa shape index (κ1) is 14.7. The highest BCUT2D eigenvalue weighted by atomic mass is 32.1. The smallest absolute Gasteiger partial charge is 0.183 e. The number of nitrogens with one attached hydrogen (secondary N) is 1. The maximum Gasteiger partial charge on any atom is 0.183 e. The number of benzene rings is 1. The fourth-order valence-electron chi connectivity index (χ4n) is 2.46. The summed E-state index contributed by atoms with van der Waals surface area (Å²) in [6, 6.07) is 15.9. The van der Waals surface area contributed by atoms with E-state index >= 15 is 0 Å². The quantitative estimate of drug-likeness (QED) is 0.582. The predicted octanol–water partition coefficient (Wildman–Crippen LogP) is 4.51. The van der Waals surface area contributed by atoms with Gasteiger partial charge < -0.3 is 9.73 Å². The topological polar surface area (TPSA) is 55.9 Å². The molecular weight excluding hydrogens is 320 g/mol. The van der Waals surface area contributed by atoms with Gasteiger partial charge >= 0.3 is 0 Å². The van der Waals surface area contributed by atoms with E-state index in [0.29, 0.717) is 6.54 Å². The number of thiazole rings is 1. The monoisotopic (exact) mass is 336 g/mol. The molecule has 6 heteroatoms. The molecule has 0 aliphatic carbocycles. The first-order chi connectivity index (χ1) is 11.8. The van der Waals surface area contributed by atoms with E-state index in [1.54, 1.807) is 17.6 Å². The van der Waals surface area contributed by atoms with Crippen LogP contribution in [0.3, 0.4) is 0 Å². The molecule has 0 bridgehead atoms. The van der Waals surface area contributed by atoms with E-state index in [-0.39, 0.29) is 0 Å². The van der Waals surface area contributed by atoms with E-state index in [2.05, 4.69) is 15.4 Å². The zero-order chi connectivity index (χ0) is 16.4. The van der Waals surface area contributed by atoms with Crippen molar-refractivity contribution in [1.29, 1.82) is 0 Å². The maximum atomic E-state index is 5.33. The summed E-state index contributed by atoms with van der Waals surface area (Å²) in [5.41, 5.74) is 2.95. The molecule has 5 nitrogen and oxygen atoms in total. The minimum absolute atomic E-state index is 0.623. The molecule has 4 rings (SSSR count). The Labute approximate surface area is 143 Å². The molecule has 3 aromatic heterocycles. The largest absolute Gasteiger partial charge is 0.467 e. The Balaban J connectivity index is 1.55. The highest BCUT2D eigenvalue weighted by molar-refractivity contribution is 7.19. The van der Waals surface area contributed by atoms with Gasteiger partial charge in [0.2, 0.25) is 0 Å². The van der Waals surface area contributed by atoms with Crippen LogP contribution in [-0.4, -0.2) is 14.8 Å². The van der Waals surface area contributed by atoms with Gasteiger partial charge in [0.25, 0.3) is 0 Å². The van der Waals surface area contributed by atoms with Crippen LogP contribution < -0.4 is 5.32 Å². The SMILES string of the molecule is Cc1nc(NCc2ccco2)sc1-c1ccn(-c2ccccc2)n1. The van der Waals surface area contributed by atoms with Crippen molar-refractivity contribution in [3.05, 3.63) is 72.4 Å². The van der Waals surface area contributed by atoms with Crippen molar-refractivity contribution in [2.75, 3.05) is 5.32 Å². The number of furan rings is 1. The molecule has 0 spiro atoms. The molecule has 1 N–H and O–H groups in total. The lowest BCUT2D eigenvalue weighted by atomic mass is 10.3. The Morgan fingerprint density at radius 3 is 2.79 bits per heavy atom. The number of aryl methyl sites for hydroxylation is 1. The van der Waals surface area contributed by atoms with Crippen molar-refractivity contribution in [3.63, 3.8) is 0 Å². The van der Waals surface area contributed by atoms with Crippen molar-refractivity contribution in [3.8, 4) is 16.3 Å². The minimum Gasteiger partial charge on any atom is -0.467 e. The van der Waals surface area contributed by atoms with Crippen LogP contribution in [-0.2, 0) is 6.54 Å². The summed E-state index contributed by atoms with van der Waals surface area (Å²) in [4.78, 5) is 5.66. The average Bonchev–Trinajstić information content (AvgIpc) is 3.34. The van der Waals surface area contributed by atoms with Crippen LogP contribution >= 0.6 is 11.3 Å². The third kappa shape index (κ3) is 2.96. The molecule has 0 fully saturated rings. The fourth-order valence-corrected chi connectivity index (χ4v) is 3.38. The summed E-state index contributed by atoms with van der Waals surface area (Å²) in [5, 5.41) is 8.84. The van der Waals surface area contributed by atoms with E-state index in [4.69, 9.17) is 4.42 Å². The molecule has 0 saturated heterocycles. The second kappa shape index (κ2) is 6.33. The third-order valence-corrected chi connectivity index (χ3v) is 4.77. The second-order valence-corrected chi connectivity index (χ2v) is 6.35. The lowest BCUT2D eigenvalue weighted by molar-refractivity contribution is 0.518. The first-order valence-corrected chi connectivity index (χ1v) is 8.46. The van der Waals surface area contributed by atoms with Gasteiger partial charge in [0.15, 0.2) is 5.13 Å². The van der Waals surface area contributed by atoms with Gasteiger partial charge in [0, 0.05) is 6.20 Å². The Morgan fingerprint density at radius 2 is 2.00 bits per heavy atom. The minimum atomic E-state index is 0.623. The molecule has 24 heavy (non-hydrogen) atoms. The average molecular weight is 336 g/mol. The van der Waals surface area contributed by atoms with Crippen LogP contribution in [0.4, 0.5) is 5.13 Å². The Hall–Kier alpha value is -2.86. The Bertz CT molecular complexity index is 925. The molecule has 0 atom stereocenters. The fraction of sp³-hybridized carbons (Fsp3) is 0.111. The summed E-state index contributed by atoms with van der Waals surface area (Å²) < 4.78 is 7.21. The molecule has 0 radical (unpaired) electrons. The number of anilines is 1. The maximum absolute atomic E-state index is 5.33. The lowest BCUT2D eigenvalue weighted by Crippen LogP contribution is -1.97. The van der Waals surface area contributed by atoms with Crippen molar-refractivity contribution >= 4 is 16.5 Å². The van der Waals surface area contributed by atoms with Gasteiger partial charge in [-0.05, 0) is 37.3 Å². The molecule has 0 aliphatic heterocycles. The molecule has 120 valence electrons. The van der Waals surface area contributed by atoms with Crippen LogP contribution in [0, 0.1) is 6.92 Å². The van der Waals surface area contributed by atoms with E-state index < -0.39 is 0 Å². The normalized spacial score (nSPS) is 10.9. The molecule has 0 unspecified atom stereocenters. The van der Waals surface area contributed by atoms with Crippen molar-refractivity contribution < 1.29 is 4.42 Å². The zero-order valence-corrected chi connectivity index (χ0v) is 14.0. The van der Waals surface area contributed by atoms with Crippen LogP contribution in [0.1, 0.15) is 11.5 Å². The van der Waals surface area contributed by atoms with Gasteiger partial charge in [-0.3, -0.25) is 0 Å². The highest BCUT2D eigenvalue weighted by Gasteiger charge is 2.13. The van der Waals surface area contributed by atoms with Crippen LogP contribution in [0.2, 0.25) is 0 Å². The standard InChI is InChI=1S/C18H16N4OS/c1-13-17(24-18(20-13)19-12-15-8-5-11-23-15)16-9-10-22(21-16)14-6-3-2-4-7-14/h2-11H,12H2,1H3,(H,19,20). The summed E-state index contributed by atoms with van der Waals surface area (Å²) in [6.45, 7) is 2.63. The Kier molecular flexibility index (Phi) is 3.88. The molecule has 0 amide bonds. The van der Waals surface area contributed by atoms with Crippen LogP contribution in [0.25, 0.3) is 16.3 Å². The van der Waals surface area contributed by atoms with Crippen molar-refractivity contribution in [1.82, 2.24) is 14.8 Å². The number of hydrogen-bond acceptors (Lipinski definition) is 5. The molecule has 4 aromatic rings. The highest BCUT2D eigenvalue weighted by Crippen LogP contribution is 2.32. The van der Waals surface area contributed by atoms with Gasteiger partial charge in [0.05, 0.1) is 29.1 Å². The van der Waals surface area contributed by atoms with Crippen LogP contribution in [0.15, 0.2) is 65.4 Å². The molecule has 3 heterocycles. The van der Waals surface area contributed by atoms with E-state index in [1.807, 2.05) is 66.3 Å². The van der Waals surface area contributed by atoms with Crippen molar-refractivity contribution in [2.45, 2.75) is 13.5 Å². The van der Waals surface area contributed by atoms with E-state index in [0.717, 1.165) is 32.8 Å². The predicted molar refractivity (Wildman–Crippen MR) is 95.4 cm³/mol. The number of hydrogen-bond donors (Lipinski definition) is 1. The van der Waals surface area contributed by atoms with Gasteiger partial charge in [0.1, 0.15) is 11.5 Å². The van der Waals surface area contributed by atoms with Gasteiger partial charge in [-0.15, -0.1) is 0 Å². The second-order valence-electron chi connectivity index (χ2n) is 5.35.